The second kappa shape index (κ2) is 9.80. The van der Waals surface area contributed by atoms with E-state index in [1.807, 2.05) is 29.3 Å². The number of carbonyl (C=O) groups is 1. The molecule has 1 aliphatic heterocycles. The minimum absolute atomic E-state index is 0.0908. The zero-order valence-electron chi connectivity index (χ0n) is 18.3. The molecule has 0 aromatic heterocycles. The van der Waals surface area contributed by atoms with E-state index in [1.165, 1.54) is 11.1 Å². The Kier molecular flexibility index (Phi) is 6.68. The first-order valence-corrected chi connectivity index (χ1v) is 11.1. The lowest BCUT2D eigenvalue weighted by Gasteiger charge is -2.36. The molecule has 1 fully saturated rings. The van der Waals surface area contributed by atoms with Gasteiger partial charge in [0, 0.05) is 25.6 Å². The van der Waals surface area contributed by atoms with Crippen LogP contribution >= 0.6 is 0 Å². The summed E-state index contributed by atoms with van der Waals surface area (Å²) >= 11 is 0. The number of nitrogens with zero attached hydrogens (tertiary/aromatic N) is 2. The Hall–Kier alpha value is -3.11. The molecular formula is C27H31N3O. The van der Waals surface area contributed by atoms with Crippen molar-refractivity contribution < 1.29 is 4.79 Å². The van der Waals surface area contributed by atoms with Crippen LogP contribution < -0.4 is 10.3 Å². The van der Waals surface area contributed by atoms with E-state index in [-0.39, 0.29) is 24.0 Å². The van der Waals surface area contributed by atoms with Crippen LogP contribution in [0.3, 0.4) is 0 Å². The molecule has 1 heterocycles. The van der Waals surface area contributed by atoms with Crippen molar-refractivity contribution in [1.82, 2.24) is 10.3 Å². The van der Waals surface area contributed by atoms with Crippen molar-refractivity contribution in [3.05, 3.63) is 102 Å². The lowest BCUT2D eigenvalue weighted by Crippen LogP contribution is -2.47. The standard InChI is InChI=1S/C27H31N3O/c1-21-18-26(30(22(2)31)29(21)25-16-10-5-11-17-25)19-27(24-14-8-4-9-15-24)28-20-23-12-6-3-7-13-23/h3-17,21,26-28H,18-20H2,1-2H3. The number of amides is 1. The molecule has 1 saturated heterocycles. The van der Waals surface area contributed by atoms with Crippen molar-refractivity contribution in [1.29, 1.82) is 0 Å². The molecular weight excluding hydrogens is 382 g/mol. The van der Waals surface area contributed by atoms with Gasteiger partial charge in [-0.3, -0.25) is 14.8 Å². The van der Waals surface area contributed by atoms with Crippen LogP contribution in [0.1, 0.15) is 43.9 Å². The Bertz CT molecular complexity index is 962. The summed E-state index contributed by atoms with van der Waals surface area (Å²) in [5.74, 6) is 0.0908. The summed E-state index contributed by atoms with van der Waals surface area (Å²) in [4.78, 5) is 12.7. The highest BCUT2D eigenvalue weighted by atomic mass is 16.2. The maximum Gasteiger partial charge on any atom is 0.238 e. The number of benzene rings is 3. The number of carbonyl (C=O) groups excluding carboxylic acids is 1. The average Bonchev–Trinajstić information content (AvgIpc) is 3.14. The topological polar surface area (TPSA) is 35.6 Å². The van der Waals surface area contributed by atoms with Crippen molar-refractivity contribution in [3.63, 3.8) is 0 Å². The van der Waals surface area contributed by atoms with Gasteiger partial charge in [0.15, 0.2) is 0 Å². The van der Waals surface area contributed by atoms with Gasteiger partial charge in [-0.15, -0.1) is 0 Å². The van der Waals surface area contributed by atoms with Gasteiger partial charge in [0.1, 0.15) is 0 Å². The second-order valence-electron chi connectivity index (χ2n) is 8.35. The predicted octanol–water partition coefficient (Wildman–Crippen LogP) is 5.34. The van der Waals surface area contributed by atoms with E-state index in [4.69, 9.17) is 0 Å². The Balaban J connectivity index is 1.57. The summed E-state index contributed by atoms with van der Waals surface area (Å²) < 4.78 is 0. The minimum atomic E-state index is 0.0908. The third-order valence-electron chi connectivity index (χ3n) is 6.06. The molecule has 0 aliphatic carbocycles. The Morgan fingerprint density at radius 1 is 0.935 bits per heavy atom. The Labute approximate surface area is 185 Å². The maximum atomic E-state index is 12.7. The van der Waals surface area contributed by atoms with Crippen LogP contribution in [0, 0.1) is 0 Å². The first-order valence-electron chi connectivity index (χ1n) is 11.1. The van der Waals surface area contributed by atoms with Gasteiger partial charge in [0.25, 0.3) is 0 Å². The SMILES string of the molecule is CC(=O)N1C(CC(NCc2ccccc2)c2ccccc2)CC(C)N1c1ccccc1. The first-order chi connectivity index (χ1) is 15.1. The molecule has 4 nitrogen and oxygen atoms in total. The van der Waals surface area contributed by atoms with Gasteiger partial charge in [-0.25, -0.2) is 0 Å². The molecule has 31 heavy (non-hydrogen) atoms. The molecule has 1 N–H and O–H groups in total. The molecule has 160 valence electrons. The quantitative estimate of drug-likeness (QED) is 0.568. The molecule has 3 aromatic carbocycles. The number of rotatable bonds is 7. The molecule has 1 amide bonds. The van der Waals surface area contributed by atoms with Crippen molar-refractivity contribution in [3.8, 4) is 0 Å². The van der Waals surface area contributed by atoms with E-state index >= 15 is 0 Å². The third-order valence-corrected chi connectivity index (χ3v) is 6.06. The number of para-hydroxylation sites is 1. The van der Waals surface area contributed by atoms with E-state index in [2.05, 4.69) is 84.0 Å². The molecule has 3 atom stereocenters. The molecule has 0 bridgehead atoms. The number of hydrazine groups is 1. The van der Waals surface area contributed by atoms with Crippen molar-refractivity contribution in [2.45, 2.75) is 51.4 Å². The molecule has 4 heteroatoms. The summed E-state index contributed by atoms with van der Waals surface area (Å²) in [6.07, 6.45) is 1.81. The van der Waals surface area contributed by atoms with E-state index in [0.29, 0.717) is 0 Å². The van der Waals surface area contributed by atoms with Crippen LogP contribution in [0.2, 0.25) is 0 Å². The normalized spacial score (nSPS) is 19.4. The number of anilines is 1. The monoisotopic (exact) mass is 413 g/mol. The summed E-state index contributed by atoms with van der Waals surface area (Å²) in [7, 11) is 0. The smallest absolute Gasteiger partial charge is 0.238 e. The van der Waals surface area contributed by atoms with Crippen molar-refractivity contribution in [2.24, 2.45) is 0 Å². The van der Waals surface area contributed by atoms with Gasteiger partial charge in [-0.05, 0) is 43.0 Å². The van der Waals surface area contributed by atoms with Gasteiger partial charge < -0.3 is 5.32 Å². The largest absolute Gasteiger partial charge is 0.306 e. The molecule has 3 unspecified atom stereocenters. The summed E-state index contributed by atoms with van der Waals surface area (Å²) in [6.45, 7) is 4.68. The first kappa shape index (κ1) is 21.1. The fourth-order valence-corrected chi connectivity index (χ4v) is 4.68. The van der Waals surface area contributed by atoms with Crippen LogP contribution in [0.15, 0.2) is 91.0 Å². The summed E-state index contributed by atoms with van der Waals surface area (Å²) in [5.41, 5.74) is 3.59. The van der Waals surface area contributed by atoms with Crippen LogP contribution in [0.25, 0.3) is 0 Å². The van der Waals surface area contributed by atoms with Gasteiger partial charge in [-0.1, -0.05) is 78.9 Å². The summed E-state index contributed by atoms with van der Waals surface area (Å²) in [6, 6.07) is 31.8. The highest BCUT2D eigenvalue weighted by Gasteiger charge is 2.40. The van der Waals surface area contributed by atoms with Gasteiger partial charge in [-0.2, -0.15) is 0 Å². The lowest BCUT2D eigenvalue weighted by molar-refractivity contribution is -0.130. The van der Waals surface area contributed by atoms with E-state index in [9.17, 15) is 4.79 Å². The predicted molar refractivity (Wildman–Crippen MR) is 126 cm³/mol. The van der Waals surface area contributed by atoms with Crippen LogP contribution in [0.5, 0.6) is 0 Å². The van der Waals surface area contributed by atoms with Crippen LogP contribution in [-0.2, 0) is 11.3 Å². The van der Waals surface area contributed by atoms with Crippen molar-refractivity contribution >= 4 is 11.6 Å². The Morgan fingerprint density at radius 3 is 2.13 bits per heavy atom. The fraction of sp³-hybridized carbons (Fsp3) is 0.296. The number of hydrogen-bond donors (Lipinski definition) is 1. The van der Waals surface area contributed by atoms with Gasteiger partial charge >= 0.3 is 0 Å². The molecule has 0 radical (unpaired) electrons. The molecule has 1 aliphatic rings. The molecule has 4 rings (SSSR count). The highest BCUT2D eigenvalue weighted by molar-refractivity contribution is 5.76. The molecule has 0 spiro atoms. The number of nitrogens with one attached hydrogen (secondary N) is 1. The maximum absolute atomic E-state index is 12.7. The van der Waals surface area contributed by atoms with E-state index < -0.39 is 0 Å². The lowest BCUT2D eigenvalue weighted by atomic mass is 9.96. The highest BCUT2D eigenvalue weighted by Crippen LogP contribution is 2.35. The zero-order valence-corrected chi connectivity index (χ0v) is 18.3. The second-order valence-corrected chi connectivity index (χ2v) is 8.35. The Morgan fingerprint density at radius 2 is 1.52 bits per heavy atom. The van der Waals surface area contributed by atoms with E-state index in [1.54, 1.807) is 6.92 Å². The van der Waals surface area contributed by atoms with Crippen LogP contribution in [0.4, 0.5) is 5.69 Å². The fourth-order valence-electron chi connectivity index (χ4n) is 4.68. The molecule has 0 saturated carbocycles. The van der Waals surface area contributed by atoms with Crippen LogP contribution in [-0.4, -0.2) is 23.0 Å². The third kappa shape index (κ3) is 4.97. The van der Waals surface area contributed by atoms with E-state index in [0.717, 1.165) is 25.1 Å². The van der Waals surface area contributed by atoms with Crippen molar-refractivity contribution in [2.75, 3.05) is 5.01 Å². The van der Waals surface area contributed by atoms with Gasteiger partial charge in [0.05, 0.1) is 11.7 Å². The molecule has 3 aromatic rings. The van der Waals surface area contributed by atoms with Gasteiger partial charge in [0.2, 0.25) is 5.91 Å². The minimum Gasteiger partial charge on any atom is -0.306 e. The number of hydrogen-bond acceptors (Lipinski definition) is 3. The average molecular weight is 414 g/mol. The zero-order chi connectivity index (χ0) is 21.6. The summed E-state index contributed by atoms with van der Waals surface area (Å²) in [5, 5.41) is 7.90.